The van der Waals surface area contributed by atoms with Crippen LogP contribution in [-0.2, 0) is 10.0 Å². The fraction of sp³-hybridized carbons (Fsp3) is 0.647. The number of ether oxygens (including phenoxy) is 1. The van der Waals surface area contributed by atoms with Crippen LogP contribution in [0.5, 0.6) is 5.75 Å². The minimum atomic E-state index is -3.50. The van der Waals surface area contributed by atoms with E-state index in [1.54, 1.807) is 0 Å². The van der Waals surface area contributed by atoms with Crippen LogP contribution < -0.4 is 9.46 Å². The van der Waals surface area contributed by atoms with Gasteiger partial charge in [0.05, 0.1) is 22.9 Å². The van der Waals surface area contributed by atoms with Crippen LogP contribution >= 0.6 is 0 Å². The van der Waals surface area contributed by atoms with Crippen molar-refractivity contribution in [1.29, 1.82) is 0 Å². The van der Waals surface area contributed by atoms with E-state index in [-0.39, 0.29) is 22.7 Å². The van der Waals surface area contributed by atoms with Gasteiger partial charge in [0.2, 0.25) is 10.0 Å². The Morgan fingerprint density at radius 3 is 2.20 bits per heavy atom. The quantitative estimate of drug-likeness (QED) is 0.637. The minimum Gasteiger partial charge on any atom is -0.485 e. The van der Waals surface area contributed by atoms with Crippen molar-refractivity contribution in [3.05, 3.63) is 28.3 Å². The summed E-state index contributed by atoms with van der Waals surface area (Å²) in [5, 5.41) is 11.1. The van der Waals surface area contributed by atoms with Gasteiger partial charge < -0.3 is 4.74 Å². The van der Waals surface area contributed by atoms with E-state index in [4.69, 9.17) is 4.74 Å². The van der Waals surface area contributed by atoms with Crippen molar-refractivity contribution in [3.8, 4) is 5.75 Å². The highest BCUT2D eigenvalue weighted by atomic mass is 32.2. The molecular weight excluding hydrogens is 344 g/mol. The minimum absolute atomic E-state index is 0.0984. The molecule has 4 saturated carbocycles. The van der Waals surface area contributed by atoms with Crippen molar-refractivity contribution < 1.29 is 18.1 Å². The summed E-state index contributed by atoms with van der Waals surface area (Å²) in [5.74, 6) is 2.25. The van der Waals surface area contributed by atoms with Crippen LogP contribution in [0.1, 0.15) is 38.5 Å². The maximum Gasteiger partial charge on any atom is 0.273 e. The van der Waals surface area contributed by atoms with Crippen molar-refractivity contribution in [1.82, 2.24) is 0 Å². The van der Waals surface area contributed by atoms with Gasteiger partial charge in [-0.15, -0.1) is 0 Å². The maximum atomic E-state index is 11.6. The number of hydrogen-bond acceptors (Lipinski definition) is 5. The topological polar surface area (TPSA) is 98.5 Å². The van der Waals surface area contributed by atoms with E-state index >= 15 is 0 Å². The molecular formula is C17H22N2O5S. The third-order valence-electron chi connectivity index (χ3n) is 5.78. The van der Waals surface area contributed by atoms with E-state index in [0.29, 0.717) is 17.8 Å². The normalized spacial score (nSPS) is 33.2. The molecule has 5 rings (SSSR count). The van der Waals surface area contributed by atoms with Crippen LogP contribution in [-0.4, -0.2) is 25.2 Å². The zero-order valence-corrected chi connectivity index (χ0v) is 14.9. The molecule has 4 aliphatic carbocycles. The molecule has 0 atom stereocenters. The molecule has 1 aromatic rings. The Morgan fingerprint density at radius 2 is 1.72 bits per heavy atom. The maximum absolute atomic E-state index is 11.6. The molecule has 4 fully saturated rings. The second kappa shape index (κ2) is 5.59. The summed E-state index contributed by atoms with van der Waals surface area (Å²) in [6, 6.07) is 4.04. The number of nitro groups is 1. The zero-order valence-electron chi connectivity index (χ0n) is 14.1. The number of benzene rings is 1. The van der Waals surface area contributed by atoms with Gasteiger partial charge >= 0.3 is 0 Å². The van der Waals surface area contributed by atoms with Crippen molar-refractivity contribution in [2.75, 3.05) is 11.0 Å². The first kappa shape index (κ1) is 16.6. The summed E-state index contributed by atoms with van der Waals surface area (Å²) < 4.78 is 32.0. The third kappa shape index (κ3) is 3.31. The molecule has 1 N–H and O–H groups in total. The number of anilines is 1. The SMILES string of the molecule is CS(=O)(=O)Nc1ccc([N+](=O)[O-])cc1OC12CC3CC(CC(C3)C1)C2. The predicted octanol–water partition coefficient (Wildman–Crippen LogP) is 3.31. The molecule has 25 heavy (non-hydrogen) atoms. The third-order valence-corrected chi connectivity index (χ3v) is 6.37. The smallest absolute Gasteiger partial charge is 0.273 e. The second-order valence-electron chi connectivity index (χ2n) is 8.01. The standard InChI is InChI=1S/C17H22N2O5S/c1-25(22,23)18-15-3-2-14(19(20)21)7-16(15)24-17-8-11-4-12(9-17)6-13(5-11)10-17/h2-3,7,11-13,18H,4-6,8-10H2,1H3. The number of hydrogen-bond donors (Lipinski definition) is 1. The lowest BCUT2D eigenvalue weighted by atomic mass is 9.54. The van der Waals surface area contributed by atoms with Gasteiger partial charge in [-0.25, -0.2) is 8.42 Å². The van der Waals surface area contributed by atoms with Crippen molar-refractivity contribution in [2.45, 2.75) is 44.1 Å². The van der Waals surface area contributed by atoms with Crippen LogP contribution in [0.3, 0.4) is 0 Å². The Bertz CT molecular complexity index is 785. The summed E-state index contributed by atoms with van der Waals surface area (Å²) in [6.45, 7) is 0. The lowest BCUT2D eigenvalue weighted by Gasteiger charge is -2.56. The van der Waals surface area contributed by atoms with Gasteiger partial charge in [0, 0.05) is 6.07 Å². The summed E-state index contributed by atoms with van der Waals surface area (Å²) >= 11 is 0. The summed E-state index contributed by atoms with van der Waals surface area (Å²) in [6.07, 6.45) is 7.70. The van der Waals surface area contributed by atoms with E-state index in [2.05, 4.69) is 4.72 Å². The molecule has 4 bridgehead atoms. The van der Waals surface area contributed by atoms with Crippen LogP contribution in [0.4, 0.5) is 11.4 Å². The second-order valence-corrected chi connectivity index (χ2v) is 9.76. The molecule has 0 spiro atoms. The molecule has 0 saturated heterocycles. The van der Waals surface area contributed by atoms with Crippen LogP contribution in [0.2, 0.25) is 0 Å². The van der Waals surface area contributed by atoms with Gasteiger partial charge in [-0.05, 0) is 62.3 Å². The van der Waals surface area contributed by atoms with Crippen LogP contribution in [0, 0.1) is 27.9 Å². The van der Waals surface area contributed by atoms with Gasteiger partial charge in [0.1, 0.15) is 5.60 Å². The first-order valence-corrected chi connectivity index (χ1v) is 10.6. The highest BCUT2D eigenvalue weighted by molar-refractivity contribution is 7.92. The highest BCUT2D eigenvalue weighted by Crippen LogP contribution is 2.57. The summed E-state index contributed by atoms with van der Waals surface area (Å²) in [7, 11) is -3.50. The average Bonchev–Trinajstić information content (AvgIpc) is 2.45. The van der Waals surface area contributed by atoms with Gasteiger partial charge in [0.25, 0.3) is 5.69 Å². The molecule has 0 amide bonds. The van der Waals surface area contributed by atoms with Crippen LogP contribution in [0.25, 0.3) is 0 Å². The summed E-state index contributed by atoms with van der Waals surface area (Å²) in [5.41, 5.74) is -0.139. The van der Waals surface area contributed by atoms with Gasteiger partial charge in [-0.2, -0.15) is 0 Å². The molecule has 1 aromatic carbocycles. The largest absolute Gasteiger partial charge is 0.485 e. The number of nitrogens with one attached hydrogen (secondary N) is 1. The lowest BCUT2D eigenvalue weighted by molar-refractivity contribution is -0.385. The molecule has 0 aromatic heterocycles. The highest BCUT2D eigenvalue weighted by Gasteiger charge is 2.52. The zero-order chi connectivity index (χ0) is 17.8. The Labute approximate surface area is 147 Å². The molecule has 4 aliphatic rings. The van der Waals surface area contributed by atoms with Gasteiger partial charge in [-0.1, -0.05) is 0 Å². The number of rotatable bonds is 5. The van der Waals surface area contributed by atoms with E-state index < -0.39 is 14.9 Å². The van der Waals surface area contributed by atoms with E-state index in [1.165, 1.54) is 37.5 Å². The first-order chi connectivity index (χ1) is 11.7. The fourth-order valence-corrected chi connectivity index (χ4v) is 5.95. The van der Waals surface area contributed by atoms with Crippen molar-refractivity contribution in [3.63, 3.8) is 0 Å². The Morgan fingerprint density at radius 1 is 1.16 bits per heavy atom. The Hall–Kier alpha value is -1.83. The molecule has 136 valence electrons. The number of nitro benzene ring substituents is 1. The van der Waals surface area contributed by atoms with Crippen LogP contribution in [0.15, 0.2) is 18.2 Å². The molecule has 0 heterocycles. The molecule has 8 heteroatoms. The van der Waals surface area contributed by atoms with Gasteiger partial charge in [-0.3, -0.25) is 14.8 Å². The number of nitrogens with zero attached hydrogens (tertiary/aromatic N) is 1. The Kier molecular flexibility index (Phi) is 3.72. The molecule has 0 unspecified atom stereocenters. The molecule has 7 nitrogen and oxygen atoms in total. The Balaban J connectivity index is 1.68. The average molecular weight is 366 g/mol. The van der Waals surface area contributed by atoms with Crippen molar-refractivity contribution in [2.24, 2.45) is 17.8 Å². The number of non-ortho nitro benzene ring substituents is 1. The number of sulfonamides is 1. The first-order valence-electron chi connectivity index (χ1n) is 8.67. The lowest BCUT2D eigenvalue weighted by Crippen LogP contribution is -2.53. The van der Waals surface area contributed by atoms with E-state index in [9.17, 15) is 18.5 Å². The monoisotopic (exact) mass is 366 g/mol. The molecule has 0 aliphatic heterocycles. The summed E-state index contributed by atoms with van der Waals surface area (Å²) in [4.78, 5) is 10.6. The van der Waals surface area contributed by atoms with Crippen molar-refractivity contribution >= 4 is 21.4 Å². The molecule has 0 radical (unpaired) electrons. The van der Waals surface area contributed by atoms with E-state index in [1.807, 2.05) is 0 Å². The fourth-order valence-electron chi connectivity index (χ4n) is 5.38. The predicted molar refractivity (Wildman–Crippen MR) is 93.1 cm³/mol. The van der Waals surface area contributed by atoms with E-state index in [0.717, 1.165) is 25.5 Å². The van der Waals surface area contributed by atoms with Gasteiger partial charge in [0.15, 0.2) is 5.75 Å².